The first kappa shape index (κ1) is 19.1. The maximum Gasteiger partial charge on any atom is 0.175 e. The van der Waals surface area contributed by atoms with Crippen LogP contribution in [-0.4, -0.2) is 25.4 Å². The molecule has 0 spiro atoms. The monoisotopic (exact) mass is 376 g/mol. The number of hydrazone groups is 1. The lowest BCUT2D eigenvalue weighted by atomic mass is 10.1. The minimum absolute atomic E-state index is 0.301. The van der Waals surface area contributed by atoms with Gasteiger partial charge < -0.3 is 4.74 Å². The van der Waals surface area contributed by atoms with E-state index in [1.165, 1.54) is 6.26 Å². The molecule has 0 fully saturated rings. The highest BCUT2D eigenvalue weighted by atomic mass is 32.2. The maximum absolute atomic E-state index is 11.4. The highest BCUT2D eigenvalue weighted by molar-refractivity contribution is 7.90. The summed E-state index contributed by atoms with van der Waals surface area (Å²) in [5, 5.41) is 4.18. The van der Waals surface area contributed by atoms with Gasteiger partial charge >= 0.3 is 0 Å². The van der Waals surface area contributed by atoms with Gasteiger partial charge in [-0.25, -0.2) is 8.42 Å². The molecule has 0 aromatic heterocycles. The Morgan fingerprint density at radius 1 is 1.08 bits per heavy atom. The Hall–Kier alpha value is -2.25. The van der Waals surface area contributed by atoms with Gasteiger partial charge in [0.05, 0.1) is 15.6 Å². The maximum atomic E-state index is 11.4. The quantitative estimate of drug-likeness (QED) is 0.476. The molecule has 0 aliphatic rings. The summed E-state index contributed by atoms with van der Waals surface area (Å²) in [5.74, 6) is 0.725. The van der Waals surface area contributed by atoms with Gasteiger partial charge in [0.25, 0.3) is 0 Å². The van der Waals surface area contributed by atoms with Gasteiger partial charge in [0.1, 0.15) is 12.4 Å². The van der Waals surface area contributed by atoms with E-state index < -0.39 is 9.84 Å². The molecule has 0 atom stereocenters. The zero-order valence-electron chi connectivity index (χ0n) is 14.3. The number of ether oxygens (including phenoxy) is 1. The second kappa shape index (κ2) is 8.22. The van der Waals surface area contributed by atoms with E-state index in [1.54, 1.807) is 31.2 Å². The first-order chi connectivity index (χ1) is 11.8. The molecule has 7 heteroatoms. The number of hydrogen-bond acceptors (Lipinski definition) is 5. The zero-order valence-corrected chi connectivity index (χ0v) is 15.9. The number of thiocarbonyl (C=S) groups is 1. The van der Waals surface area contributed by atoms with Crippen LogP contribution in [0, 0.1) is 0 Å². The molecule has 2 aromatic rings. The summed E-state index contributed by atoms with van der Waals surface area (Å²) in [6.45, 7) is 4.03. The standard InChI is InChI=1S/C18H20N2O3S2/c1-13(19-20-14(2)24)16-6-8-17(9-7-16)23-12-15-4-10-18(11-5-15)25(3,21)22/h4-11H,12H2,1-3H3,(H,20,24)/b19-13+. The summed E-state index contributed by atoms with van der Waals surface area (Å²) in [7, 11) is -3.18. The van der Waals surface area contributed by atoms with E-state index in [0.717, 1.165) is 22.6 Å². The van der Waals surface area contributed by atoms with Crippen LogP contribution in [0.3, 0.4) is 0 Å². The van der Waals surface area contributed by atoms with Crippen molar-refractivity contribution in [3.8, 4) is 5.75 Å². The predicted molar refractivity (Wildman–Crippen MR) is 104 cm³/mol. The third-order valence-electron chi connectivity index (χ3n) is 3.41. The Balaban J connectivity index is 1.97. The van der Waals surface area contributed by atoms with E-state index in [-0.39, 0.29) is 0 Å². The van der Waals surface area contributed by atoms with Crippen molar-refractivity contribution in [1.82, 2.24) is 5.43 Å². The topological polar surface area (TPSA) is 67.8 Å². The first-order valence-corrected chi connectivity index (χ1v) is 9.89. The van der Waals surface area contributed by atoms with Crippen LogP contribution in [0.5, 0.6) is 5.75 Å². The minimum atomic E-state index is -3.18. The zero-order chi connectivity index (χ0) is 18.4. The van der Waals surface area contributed by atoms with Crippen molar-refractivity contribution in [3.05, 3.63) is 59.7 Å². The summed E-state index contributed by atoms with van der Waals surface area (Å²) < 4.78 is 28.6. The van der Waals surface area contributed by atoms with E-state index in [1.807, 2.05) is 31.2 Å². The molecule has 0 saturated heterocycles. The van der Waals surface area contributed by atoms with Crippen LogP contribution in [0.4, 0.5) is 0 Å². The van der Waals surface area contributed by atoms with E-state index in [0.29, 0.717) is 16.5 Å². The third-order valence-corrected chi connectivity index (χ3v) is 4.63. The van der Waals surface area contributed by atoms with E-state index >= 15 is 0 Å². The Bertz CT molecular complexity index is 872. The van der Waals surface area contributed by atoms with E-state index in [4.69, 9.17) is 17.0 Å². The van der Waals surface area contributed by atoms with Crippen molar-refractivity contribution in [1.29, 1.82) is 0 Å². The number of benzene rings is 2. The summed E-state index contributed by atoms with van der Waals surface area (Å²) >= 11 is 4.92. The second-order valence-corrected chi connectivity index (χ2v) is 8.22. The highest BCUT2D eigenvalue weighted by Crippen LogP contribution is 2.16. The van der Waals surface area contributed by atoms with Crippen molar-refractivity contribution in [3.63, 3.8) is 0 Å². The molecule has 0 radical (unpaired) electrons. The fourth-order valence-electron chi connectivity index (χ4n) is 2.02. The molecule has 2 aromatic carbocycles. The summed E-state index contributed by atoms with van der Waals surface area (Å²) in [5.41, 5.74) is 5.46. The van der Waals surface area contributed by atoms with Gasteiger partial charge in [0, 0.05) is 6.26 Å². The normalized spacial score (nSPS) is 11.9. The average molecular weight is 377 g/mol. The SMILES string of the molecule is CC(=S)N/N=C(\C)c1ccc(OCc2ccc(S(C)(=O)=O)cc2)cc1. The smallest absolute Gasteiger partial charge is 0.175 e. The molecular formula is C18H20N2O3S2. The Labute approximate surface area is 153 Å². The van der Waals surface area contributed by atoms with Crippen LogP contribution in [0.2, 0.25) is 0 Å². The van der Waals surface area contributed by atoms with Gasteiger partial charge in [-0.05, 0) is 61.4 Å². The van der Waals surface area contributed by atoms with E-state index in [2.05, 4.69) is 10.5 Å². The fraction of sp³-hybridized carbons (Fsp3) is 0.222. The molecule has 5 nitrogen and oxygen atoms in total. The summed E-state index contributed by atoms with van der Waals surface area (Å²) in [4.78, 5) is 0.914. The molecule has 1 N–H and O–H groups in total. The molecule has 132 valence electrons. The van der Waals surface area contributed by atoms with Gasteiger partial charge in [-0.3, -0.25) is 5.43 Å². The molecule has 0 aliphatic carbocycles. The molecule has 25 heavy (non-hydrogen) atoms. The third kappa shape index (κ3) is 5.95. The minimum Gasteiger partial charge on any atom is -0.489 e. The van der Waals surface area contributed by atoms with Crippen molar-refractivity contribution in [2.24, 2.45) is 5.10 Å². The Kier molecular flexibility index (Phi) is 6.27. The molecule has 2 rings (SSSR count). The van der Waals surface area contributed by atoms with Crippen LogP contribution in [0.1, 0.15) is 25.0 Å². The van der Waals surface area contributed by atoms with Crippen LogP contribution >= 0.6 is 12.2 Å². The van der Waals surface area contributed by atoms with Crippen LogP contribution < -0.4 is 10.2 Å². The number of rotatable bonds is 6. The number of sulfone groups is 1. The molecular weight excluding hydrogens is 356 g/mol. The van der Waals surface area contributed by atoms with Gasteiger partial charge in [-0.1, -0.05) is 24.4 Å². The average Bonchev–Trinajstić information content (AvgIpc) is 2.58. The molecule has 0 saturated carbocycles. The van der Waals surface area contributed by atoms with Crippen molar-refractivity contribution >= 4 is 32.8 Å². The van der Waals surface area contributed by atoms with Gasteiger partial charge in [-0.15, -0.1) is 0 Å². The Morgan fingerprint density at radius 3 is 2.20 bits per heavy atom. The predicted octanol–water partition coefficient (Wildman–Crippen LogP) is 3.33. The summed E-state index contributed by atoms with van der Waals surface area (Å²) in [6.07, 6.45) is 1.19. The van der Waals surface area contributed by atoms with Crippen LogP contribution in [-0.2, 0) is 16.4 Å². The molecule has 0 unspecified atom stereocenters. The first-order valence-electron chi connectivity index (χ1n) is 7.59. The lowest BCUT2D eigenvalue weighted by Crippen LogP contribution is -2.13. The number of nitrogens with zero attached hydrogens (tertiary/aromatic N) is 1. The molecule has 0 aliphatic heterocycles. The van der Waals surface area contributed by atoms with Crippen molar-refractivity contribution in [2.75, 3.05) is 6.26 Å². The molecule has 0 heterocycles. The lowest BCUT2D eigenvalue weighted by molar-refractivity contribution is 0.306. The highest BCUT2D eigenvalue weighted by Gasteiger charge is 2.06. The largest absolute Gasteiger partial charge is 0.489 e. The lowest BCUT2D eigenvalue weighted by Gasteiger charge is -2.08. The number of nitrogens with one attached hydrogen (secondary N) is 1. The van der Waals surface area contributed by atoms with Gasteiger partial charge in [-0.2, -0.15) is 5.10 Å². The van der Waals surface area contributed by atoms with E-state index in [9.17, 15) is 8.42 Å². The van der Waals surface area contributed by atoms with Crippen LogP contribution in [0.25, 0.3) is 0 Å². The second-order valence-electron chi connectivity index (χ2n) is 5.59. The van der Waals surface area contributed by atoms with Crippen LogP contribution in [0.15, 0.2) is 58.5 Å². The summed E-state index contributed by atoms with van der Waals surface area (Å²) in [6, 6.07) is 14.2. The fourth-order valence-corrected chi connectivity index (χ4v) is 2.70. The number of hydrogen-bond donors (Lipinski definition) is 1. The Morgan fingerprint density at radius 2 is 1.68 bits per heavy atom. The van der Waals surface area contributed by atoms with Crippen molar-refractivity contribution in [2.45, 2.75) is 25.3 Å². The van der Waals surface area contributed by atoms with Gasteiger partial charge in [0.2, 0.25) is 0 Å². The molecule has 0 amide bonds. The molecule has 0 bridgehead atoms. The van der Waals surface area contributed by atoms with Crippen molar-refractivity contribution < 1.29 is 13.2 Å². The van der Waals surface area contributed by atoms with Gasteiger partial charge in [0.15, 0.2) is 9.84 Å².